The van der Waals surface area contributed by atoms with E-state index in [-0.39, 0.29) is 11.0 Å². The van der Waals surface area contributed by atoms with Gasteiger partial charge in [0.2, 0.25) is 5.43 Å². The zero-order chi connectivity index (χ0) is 14.1. The molecule has 0 spiro atoms. The summed E-state index contributed by atoms with van der Waals surface area (Å²) in [6.45, 7) is 1.84. The van der Waals surface area contributed by atoms with Crippen molar-refractivity contribution in [1.29, 1.82) is 0 Å². The van der Waals surface area contributed by atoms with Crippen molar-refractivity contribution in [1.82, 2.24) is 9.97 Å². The van der Waals surface area contributed by atoms with Crippen LogP contribution in [-0.4, -0.2) is 15.9 Å². The number of anilines is 1. The van der Waals surface area contributed by atoms with E-state index in [4.69, 9.17) is 0 Å². The Morgan fingerprint density at radius 2 is 2.15 bits per heavy atom. The smallest absolute Gasteiger partial charge is 0.262 e. The van der Waals surface area contributed by atoms with Gasteiger partial charge in [0.25, 0.3) is 5.91 Å². The maximum absolute atomic E-state index is 12.3. The average Bonchev–Trinajstić information content (AvgIpc) is 2.84. The predicted octanol–water partition coefficient (Wildman–Crippen LogP) is 2.55. The topological polar surface area (TPSA) is 74.8 Å². The summed E-state index contributed by atoms with van der Waals surface area (Å²) >= 11 is 1.33. The van der Waals surface area contributed by atoms with Crippen LogP contribution in [0.1, 0.15) is 16.1 Å². The molecule has 2 N–H and O–H groups in total. The molecule has 0 aliphatic heterocycles. The third kappa shape index (κ3) is 2.21. The third-order valence-electron chi connectivity index (χ3n) is 2.87. The molecule has 1 amide bonds. The molecule has 1 aromatic carbocycles. The number of nitrogens with one attached hydrogen (secondary N) is 2. The fourth-order valence-electron chi connectivity index (χ4n) is 1.91. The van der Waals surface area contributed by atoms with Gasteiger partial charge in [-0.3, -0.25) is 14.9 Å². The highest BCUT2D eigenvalue weighted by Gasteiger charge is 2.14. The third-order valence-corrected chi connectivity index (χ3v) is 3.75. The van der Waals surface area contributed by atoms with E-state index in [1.807, 2.05) is 18.4 Å². The molecule has 0 fully saturated rings. The molecular formula is C14H11N3O2S. The van der Waals surface area contributed by atoms with Gasteiger partial charge in [0.1, 0.15) is 5.56 Å². The number of aromatic nitrogens is 2. The van der Waals surface area contributed by atoms with E-state index in [1.54, 1.807) is 18.2 Å². The largest absolute Gasteiger partial charge is 0.360 e. The first-order valence-electron chi connectivity index (χ1n) is 5.99. The molecule has 6 heteroatoms. The summed E-state index contributed by atoms with van der Waals surface area (Å²) in [5.41, 5.74) is 1.33. The van der Waals surface area contributed by atoms with Crippen molar-refractivity contribution in [2.75, 3.05) is 5.32 Å². The molecule has 0 aliphatic rings. The number of benzene rings is 1. The van der Waals surface area contributed by atoms with Gasteiger partial charge in [0, 0.05) is 22.5 Å². The van der Waals surface area contributed by atoms with Gasteiger partial charge in [-0.1, -0.05) is 12.1 Å². The molecule has 5 nitrogen and oxygen atoms in total. The minimum absolute atomic E-state index is 0.0801. The molecule has 100 valence electrons. The van der Waals surface area contributed by atoms with E-state index >= 15 is 0 Å². The van der Waals surface area contributed by atoms with E-state index in [0.29, 0.717) is 16.0 Å². The normalized spacial score (nSPS) is 10.7. The number of aromatic amines is 1. The van der Waals surface area contributed by atoms with E-state index < -0.39 is 5.91 Å². The second kappa shape index (κ2) is 4.90. The lowest BCUT2D eigenvalue weighted by Crippen LogP contribution is -2.21. The maximum atomic E-state index is 12.3. The number of fused-ring (bicyclic) bond motifs is 1. The van der Waals surface area contributed by atoms with Crippen LogP contribution in [0.5, 0.6) is 0 Å². The number of amides is 1. The van der Waals surface area contributed by atoms with Gasteiger partial charge in [0.15, 0.2) is 5.13 Å². The molecule has 0 saturated carbocycles. The first kappa shape index (κ1) is 12.6. The van der Waals surface area contributed by atoms with Crippen LogP contribution in [-0.2, 0) is 0 Å². The Bertz CT molecular complexity index is 851. The van der Waals surface area contributed by atoms with Gasteiger partial charge in [0.05, 0.1) is 5.69 Å². The Morgan fingerprint density at radius 3 is 2.90 bits per heavy atom. The lowest BCUT2D eigenvalue weighted by atomic mass is 10.1. The Hall–Kier alpha value is -2.47. The van der Waals surface area contributed by atoms with Crippen molar-refractivity contribution in [3.63, 3.8) is 0 Å². The van der Waals surface area contributed by atoms with Crippen molar-refractivity contribution in [2.45, 2.75) is 6.92 Å². The minimum Gasteiger partial charge on any atom is -0.360 e. The molecule has 0 aliphatic carbocycles. The quantitative estimate of drug-likeness (QED) is 0.759. The molecule has 2 aromatic heterocycles. The highest BCUT2D eigenvalue weighted by Crippen LogP contribution is 2.15. The first-order chi connectivity index (χ1) is 9.65. The summed E-state index contributed by atoms with van der Waals surface area (Å²) in [4.78, 5) is 31.5. The summed E-state index contributed by atoms with van der Waals surface area (Å²) in [7, 11) is 0. The molecule has 0 saturated heterocycles. The number of para-hydroxylation sites is 1. The molecule has 2 heterocycles. The van der Waals surface area contributed by atoms with Crippen LogP contribution in [0.2, 0.25) is 0 Å². The lowest BCUT2D eigenvalue weighted by molar-refractivity contribution is 0.102. The number of rotatable bonds is 2. The second-order valence-electron chi connectivity index (χ2n) is 4.33. The number of carbonyl (C=O) groups excluding carboxylic acids is 1. The second-order valence-corrected chi connectivity index (χ2v) is 5.18. The molecule has 0 atom stereocenters. The van der Waals surface area contributed by atoms with Gasteiger partial charge >= 0.3 is 0 Å². The van der Waals surface area contributed by atoms with Crippen LogP contribution in [0.4, 0.5) is 5.13 Å². The molecular weight excluding hydrogens is 274 g/mol. The predicted molar refractivity (Wildman–Crippen MR) is 79.4 cm³/mol. The van der Waals surface area contributed by atoms with Crippen molar-refractivity contribution in [3.8, 4) is 0 Å². The number of hydrogen-bond acceptors (Lipinski definition) is 4. The van der Waals surface area contributed by atoms with E-state index in [9.17, 15) is 9.59 Å². The monoisotopic (exact) mass is 285 g/mol. The average molecular weight is 285 g/mol. The lowest BCUT2D eigenvalue weighted by Gasteiger charge is -2.03. The number of pyridine rings is 1. The van der Waals surface area contributed by atoms with Crippen LogP contribution in [0, 0.1) is 6.92 Å². The van der Waals surface area contributed by atoms with Crippen LogP contribution in [0.25, 0.3) is 10.9 Å². The van der Waals surface area contributed by atoms with Gasteiger partial charge < -0.3 is 4.98 Å². The highest BCUT2D eigenvalue weighted by atomic mass is 32.1. The molecule has 0 radical (unpaired) electrons. The minimum atomic E-state index is -0.452. The number of thiazole rings is 1. The van der Waals surface area contributed by atoms with Crippen LogP contribution < -0.4 is 10.7 Å². The van der Waals surface area contributed by atoms with E-state index in [2.05, 4.69) is 15.3 Å². The van der Waals surface area contributed by atoms with Crippen LogP contribution in [0.15, 0.2) is 40.6 Å². The zero-order valence-corrected chi connectivity index (χ0v) is 11.5. The maximum Gasteiger partial charge on any atom is 0.262 e. The fraction of sp³-hybridized carbons (Fsp3) is 0.0714. The van der Waals surface area contributed by atoms with Gasteiger partial charge in [-0.05, 0) is 19.1 Å². The van der Waals surface area contributed by atoms with Crippen molar-refractivity contribution < 1.29 is 4.79 Å². The van der Waals surface area contributed by atoms with Gasteiger partial charge in [-0.2, -0.15) is 0 Å². The van der Waals surface area contributed by atoms with Crippen molar-refractivity contribution in [2.24, 2.45) is 0 Å². The van der Waals surface area contributed by atoms with E-state index in [1.165, 1.54) is 17.5 Å². The Kier molecular flexibility index (Phi) is 3.08. The number of hydrogen-bond donors (Lipinski definition) is 2. The van der Waals surface area contributed by atoms with Crippen LogP contribution >= 0.6 is 11.3 Å². The van der Waals surface area contributed by atoms with Gasteiger partial charge in [-0.25, -0.2) is 4.98 Å². The summed E-state index contributed by atoms with van der Waals surface area (Å²) in [5.74, 6) is -0.452. The van der Waals surface area contributed by atoms with Gasteiger partial charge in [-0.15, -0.1) is 11.3 Å². The SMILES string of the molecule is Cc1csc(NC(=O)c2c[nH]c3ccccc3c2=O)n1. The first-order valence-corrected chi connectivity index (χ1v) is 6.87. The van der Waals surface area contributed by atoms with Crippen molar-refractivity contribution >= 4 is 33.3 Å². The standard InChI is InChI=1S/C14H11N3O2S/c1-8-7-20-14(16-8)17-13(19)10-6-15-11-5-3-2-4-9(11)12(10)18/h2-7H,1H3,(H,15,18)(H,16,17,19). The zero-order valence-electron chi connectivity index (χ0n) is 10.6. The molecule has 3 aromatic rings. The fourth-order valence-corrected chi connectivity index (χ4v) is 2.60. The Morgan fingerprint density at radius 1 is 1.35 bits per heavy atom. The number of aryl methyl sites for hydroxylation is 1. The molecule has 0 unspecified atom stereocenters. The molecule has 0 bridgehead atoms. The Balaban J connectivity index is 1.99. The van der Waals surface area contributed by atoms with Crippen molar-refractivity contribution in [3.05, 3.63) is 57.3 Å². The number of carbonyl (C=O) groups is 1. The summed E-state index contributed by atoms with van der Waals surface area (Å²) in [5, 5.41) is 5.45. The van der Waals surface area contributed by atoms with E-state index in [0.717, 1.165) is 5.69 Å². The molecule has 3 rings (SSSR count). The number of H-pyrrole nitrogens is 1. The summed E-state index contributed by atoms with van der Waals surface area (Å²) in [6.07, 6.45) is 1.43. The summed E-state index contributed by atoms with van der Waals surface area (Å²) < 4.78 is 0. The highest BCUT2D eigenvalue weighted by molar-refractivity contribution is 7.13. The summed E-state index contributed by atoms with van der Waals surface area (Å²) in [6, 6.07) is 7.08. The Labute approximate surface area is 118 Å². The number of nitrogens with zero attached hydrogens (tertiary/aromatic N) is 1. The van der Waals surface area contributed by atoms with Crippen LogP contribution in [0.3, 0.4) is 0 Å². The molecule has 20 heavy (non-hydrogen) atoms.